The van der Waals surface area contributed by atoms with Crippen molar-refractivity contribution in [3.8, 4) is 5.69 Å². The lowest BCUT2D eigenvalue weighted by Gasteiger charge is -2.04. The number of para-hydroxylation sites is 1. The number of halogens is 2. The largest absolute Gasteiger partial charge is 0.318 e. The maximum atomic E-state index is 12.3. The Morgan fingerprint density at radius 1 is 1.19 bits per heavy atom. The van der Waals surface area contributed by atoms with Gasteiger partial charge in [-0.15, -0.1) is 5.10 Å². The van der Waals surface area contributed by atoms with Gasteiger partial charge in [0.1, 0.15) is 11.7 Å². The van der Waals surface area contributed by atoms with Gasteiger partial charge in [0.15, 0.2) is 0 Å². The Balaban J connectivity index is 2.27. The van der Waals surface area contributed by atoms with Gasteiger partial charge in [-0.3, -0.25) is 0 Å². The summed E-state index contributed by atoms with van der Waals surface area (Å²) in [5, 5.41) is 7.36. The maximum Gasteiger partial charge on any atom is 0.259 e. The Hall–Kier alpha value is -1.82. The lowest BCUT2D eigenvalue weighted by molar-refractivity contribution is 0.114. The summed E-state index contributed by atoms with van der Waals surface area (Å²) in [6.45, 7) is 0. The first-order valence-electron chi connectivity index (χ1n) is 4.70. The van der Waals surface area contributed by atoms with Crippen molar-refractivity contribution in [2.75, 3.05) is 0 Å². The molecule has 0 aliphatic rings. The molecular formula is C10H10F2N4. The molecule has 1 heterocycles. The molecule has 0 aliphatic carbocycles. The number of aromatic nitrogens is 3. The third-order valence-corrected chi connectivity index (χ3v) is 2.14. The Labute approximate surface area is 90.7 Å². The summed E-state index contributed by atoms with van der Waals surface area (Å²) in [6, 6.07) is 7.70. The molecule has 0 fully saturated rings. The molecule has 0 saturated heterocycles. The minimum Gasteiger partial charge on any atom is -0.318 e. The first-order valence-corrected chi connectivity index (χ1v) is 4.70. The molecule has 6 heteroatoms. The van der Waals surface area contributed by atoms with Crippen LogP contribution in [0.15, 0.2) is 36.5 Å². The number of benzene rings is 1. The Morgan fingerprint density at radius 2 is 1.88 bits per heavy atom. The van der Waals surface area contributed by atoms with Crippen LogP contribution in [0.2, 0.25) is 0 Å². The van der Waals surface area contributed by atoms with Gasteiger partial charge in [-0.2, -0.15) is 0 Å². The number of hydrogen-bond donors (Lipinski definition) is 1. The van der Waals surface area contributed by atoms with Crippen LogP contribution in [0.3, 0.4) is 0 Å². The standard InChI is InChI=1S/C10H10F2N4/c11-10(12)9(13)8-6-16(15-14-8)7-4-2-1-3-5-7/h1-6,9-10H,13H2. The van der Waals surface area contributed by atoms with Gasteiger partial charge in [0.25, 0.3) is 6.43 Å². The average Bonchev–Trinajstić information content (AvgIpc) is 2.78. The summed E-state index contributed by atoms with van der Waals surface area (Å²) in [4.78, 5) is 0. The van der Waals surface area contributed by atoms with Gasteiger partial charge in [-0.1, -0.05) is 23.4 Å². The highest BCUT2D eigenvalue weighted by molar-refractivity contribution is 5.30. The van der Waals surface area contributed by atoms with Crippen LogP contribution in [-0.4, -0.2) is 21.4 Å². The smallest absolute Gasteiger partial charge is 0.259 e. The first-order chi connectivity index (χ1) is 7.68. The van der Waals surface area contributed by atoms with E-state index in [1.54, 1.807) is 12.1 Å². The second-order valence-corrected chi connectivity index (χ2v) is 3.28. The van der Waals surface area contributed by atoms with E-state index in [0.717, 1.165) is 5.69 Å². The van der Waals surface area contributed by atoms with E-state index in [2.05, 4.69) is 10.3 Å². The highest BCUT2D eigenvalue weighted by atomic mass is 19.3. The highest BCUT2D eigenvalue weighted by Gasteiger charge is 2.20. The van der Waals surface area contributed by atoms with Gasteiger partial charge >= 0.3 is 0 Å². The fraction of sp³-hybridized carbons (Fsp3) is 0.200. The number of nitrogens with two attached hydrogens (primary N) is 1. The van der Waals surface area contributed by atoms with Gasteiger partial charge in [-0.05, 0) is 12.1 Å². The van der Waals surface area contributed by atoms with E-state index in [1.165, 1.54) is 10.9 Å². The molecule has 1 aromatic heterocycles. The van der Waals surface area contributed by atoms with Crippen molar-refractivity contribution < 1.29 is 8.78 Å². The third-order valence-electron chi connectivity index (χ3n) is 2.14. The molecular weight excluding hydrogens is 214 g/mol. The molecule has 2 rings (SSSR count). The van der Waals surface area contributed by atoms with Crippen molar-refractivity contribution in [3.63, 3.8) is 0 Å². The molecule has 0 bridgehead atoms. The topological polar surface area (TPSA) is 56.7 Å². The Bertz CT molecular complexity index is 455. The van der Waals surface area contributed by atoms with E-state index in [4.69, 9.17) is 5.73 Å². The molecule has 0 saturated carbocycles. The van der Waals surface area contributed by atoms with Crippen molar-refractivity contribution in [2.24, 2.45) is 5.73 Å². The van der Waals surface area contributed by atoms with Crippen LogP contribution in [-0.2, 0) is 0 Å². The fourth-order valence-corrected chi connectivity index (χ4v) is 1.27. The molecule has 0 aliphatic heterocycles. The van der Waals surface area contributed by atoms with E-state index in [1.807, 2.05) is 18.2 Å². The predicted octanol–water partition coefficient (Wildman–Crippen LogP) is 1.53. The SMILES string of the molecule is NC(c1cn(-c2ccccc2)nn1)C(F)F. The number of hydrogen-bond acceptors (Lipinski definition) is 3. The Kier molecular flexibility index (Phi) is 2.91. The van der Waals surface area contributed by atoms with Crippen LogP contribution >= 0.6 is 0 Å². The molecule has 0 radical (unpaired) electrons. The van der Waals surface area contributed by atoms with Crippen molar-refractivity contribution in [2.45, 2.75) is 12.5 Å². The molecule has 0 amide bonds. The van der Waals surface area contributed by atoms with Crippen LogP contribution < -0.4 is 5.73 Å². The lowest BCUT2D eigenvalue weighted by Crippen LogP contribution is -2.19. The van der Waals surface area contributed by atoms with Crippen LogP contribution in [0, 0.1) is 0 Å². The summed E-state index contributed by atoms with van der Waals surface area (Å²) in [5.41, 5.74) is 6.10. The monoisotopic (exact) mass is 224 g/mol. The van der Waals surface area contributed by atoms with E-state index in [-0.39, 0.29) is 5.69 Å². The van der Waals surface area contributed by atoms with Crippen molar-refractivity contribution in [1.29, 1.82) is 0 Å². The van der Waals surface area contributed by atoms with Gasteiger partial charge in [-0.25, -0.2) is 13.5 Å². The number of alkyl halides is 2. The predicted molar refractivity (Wildman–Crippen MR) is 54.3 cm³/mol. The zero-order valence-electron chi connectivity index (χ0n) is 8.29. The van der Waals surface area contributed by atoms with Crippen molar-refractivity contribution in [1.82, 2.24) is 15.0 Å². The zero-order chi connectivity index (χ0) is 11.5. The molecule has 4 nitrogen and oxygen atoms in total. The van der Waals surface area contributed by atoms with Gasteiger partial charge in [0.2, 0.25) is 0 Å². The summed E-state index contributed by atoms with van der Waals surface area (Å²) >= 11 is 0. The average molecular weight is 224 g/mol. The van der Waals surface area contributed by atoms with Gasteiger partial charge in [0.05, 0.1) is 11.9 Å². The molecule has 16 heavy (non-hydrogen) atoms. The molecule has 2 aromatic rings. The number of rotatable bonds is 3. The minimum absolute atomic E-state index is 0.0823. The molecule has 0 spiro atoms. The highest BCUT2D eigenvalue weighted by Crippen LogP contribution is 2.16. The van der Waals surface area contributed by atoms with Crippen LogP contribution in [0.4, 0.5) is 8.78 Å². The molecule has 1 unspecified atom stereocenters. The second kappa shape index (κ2) is 4.36. The molecule has 84 valence electrons. The van der Waals surface area contributed by atoms with Gasteiger partial charge in [0, 0.05) is 0 Å². The fourth-order valence-electron chi connectivity index (χ4n) is 1.27. The summed E-state index contributed by atoms with van der Waals surface area (Å²) < 4.78 is 26.1. The first kappa shape index (κ1) is 10.7. The number of nitrogens with zero attached hydrogens (tertiary/aromatic N) is 3. The van der Waals surface area contributed by atoms with E-state index in [0.29, 0.717) is 0 Å². The van der Waals surface area contributed by atoms with Crippen molar-refractivity contribution >= 4 is 0 Å². The quantitative estimate of drug-likeness (QED) is 0.860. The van der Waals surface area contributed by atoms with Crippen LogP contribution in [0.5, 0.6) is 0 Å². The van der Waals surface area contributed by atoms with E-state index in [9.17, 15) is 8.78 Å². The molecule has 1 atom stereocenters. The third kappa shape index (κ3) is 2.06. The normalized spacial score (nSPS) is 13.0. The lowest BCUT2D eigenvalue weighted by atomic mass is 10.2. The molecule has 1 aromatic carbocycles. The van der Waals surface area contributed by atoms with Crippen molar-refractivity contribution in [3.05, 3.63) is 42.2 Å². The summed E-state index contributed by atoms with van der Waals surface area (Å²) in [5.74, 6) is 0. The van der Waals surface area contributed by atoms with Crippen LogP contribution in [0.25, 0.3) is 5.69 Å². The second-order valence-electron chi connectivity index (χ2n) is 3.28. The van der Waals surface area contributed by atoms with E-state index >= 15 is 0 Å². The molecule has 2 N–H and O–H groups in total. The van der Waals surface area contributed by atoms with E-state index < -0.39 is 12.5 Å². The van der Waals surface area contributed by atoms with Crippen LogP contribution in [0.1, 0.15) is 11.7 Å². The summed E-state index contributed by atoms with van der Waals surface area (Å²) in [7, 11) is 0. The van der Waals surface area contributed by atoms with Gasteiger partial charge < -0.3 is 5.73 Å². The maximum absolute atomic E-state index is 12.3. The zero-order valence-corrected chi connectivity index (χ0v) is 8.29. The summed E-state index contributed by atoms with van der Waals surface area (Å²) in [6.07, 6.45) is -1.23. The minimum atomic E-state index is -2.64. The Morgan fingerprint density at radius 3 is 2.50 bits per heavy atom.